The highest BCUT2D eigenvalue weighted by atomic mass is 35.5. The molecule has 0 unspecified atom stereocenters. The van der Waals surface area contributed by atoms with Gasteiger partial charge in [0.1, 0.15) is 18.1 Å². The monoisotopic (exact) mass is 475 g/mol. The van der Waals surface area contributed by atoms with Crippen molar-refractivity contribution in [3.63, 3.8) is 0 Å². The molecule has 0 fully saturated rings. The molecule has 0 aliphatic rings. The van der Waals surface area contributed by atoms with E-state index in [0.29, 0.717) is 38.9 Å². The first-order chi connectivity index (χ1) is 15.0. The molecule has 158 valence electrons. The summed E-state index contributed by atoms with van der Waals surface area (Å²) in [6.45, 7) is 0.673. The van der Waals surface area contributed by atoms with E-state index in [4.69, 9.17) is 44.0 Å². The molecular formula is C22H16Cl3N3O3. The van der Waals surface area contributed by atoms with Crippen molar-refractivity contribution in [1.82, 2.24) is 9.78 Å². The lowest BCUT2D eigenvalue weighted by molar-refractivity contribution is 0.0992. The number of carbonyl (C=O) groups is 1. The van der Waals surface area contributed by atoms with Gasteiger partial charge in [-0.25, -0.2) is 0 Å². The largest absolute Gasteiger partial charge is 0.486 e. The second kappa shape index (κ2) is 9.47. The number of ether oxygens (including phenoxy) is 1. The summed E-state index contributed by atoms with van der Waals surface area (Å²) >= 11 is 17.8. The maximum Gasteiger partial charge on any atom is 0.292 e. The highest BCUT2D eigenvalue weighted by molar-refractivity contribution is 6.42. The van der Waals surface area contributed by atoms with Gasteiger partial charge >= 0.3 is 0 Å². The van der Waals surface area contributed by atoms with E-state index >= 15 is 0 Å². The molecule has 1 amide bonds. The van der Waals surface area contributed by atoms with Crippen LogP contribution in [-0.2, 0) is 13.2 Å². The van der Waals surface area contributed by atoms with Gasteiger partial charge in [0.15, 0.2) is 11.6 Å². The number of amides is 1. The van der Waals surface area contributed by atoms with Crippen molar-refractivity contribution in [3.8, 4) is 5.75 Å². The highest BCUT2D eigenvalue weighted by Gasteiger charge is 2.13. The minimum absolute atomic E-state index is 0.161. The molecular weight excluding hydrogens is 461 g/mol. The molecule has 4 rings (SSSR count). The second-order valence-corrected chi connectivity index (χ2v) is 7.86. The summed E-state index contributed by atoms with van der Waals surface area (Å²) in [5.74, 6) is 1.33. The Morgan fingerprint density at radius 2 is 1.81 bits per heavy atom. The molecule has 1 N–H and O–H groups in total. The number of nitrogens with zero attached hydrogens (tertiary/aromatic N) is 2. The van der Waals surface area contributed by atoms with Crippen molar-refractivity contribution >= 4 is 46.5 Å². The lowest BCUT2D eigenvalue weighted by atomic mass is 10.2. The van der Waals surface area contributed by atoms with Gasteiger partial charge in [0.2, 0.25) is 0 Å². The highest BCUT2D eigenvalue weighted by Crippen LogP contribution is 2.23. The predicted molar refractivity (Wildman–Crippen MR) is 120 cm³/mol. The van der Waals surface area contributed by atoms with E-state index in [2.05, 4.69) is 10.4 Å². The normalized spacial score (nSPS) is 10.8. The Bertz CT molecular complexity index is 1200. The van der Waals surface area contributed by atoms with Crippen LogP contribution in [0.1, 0.15) is 21.9 Å². The Hall–Kier alpha value is -2.93. The molecule has 0 spiro atoms. The van der Waals surface area contributed by atoms with Gasteiger partial charge in [-0.3, -0.25) is 9.48 Å². The summed E-state index contributed by atoms with van der Waals surface area (Å²) < 4.78 is 12.9. The molecule has 31 heavy (non-hydrogen) atoms. The van der Waals surface area contributed by atoms with Crippen LogP contribution in [0.15, 0.2) is 71.3 Å². The number of aromatic nitrogens is 2. The molecule has 0 atom stereocenters. The SMILES string of the molecule is O=C(Nc1ccn(Cc2ccc(Cl)c(Cl)c2)n1)c1ccc(COc2ccc(Cl)cc2)o1. The number of halogens is 3. The van der Waals surface area contributed by atoms with Crippen molar-refractivity contribution in [2.45, 2.75) is 13.2 Å². The van der Waals surface area contributed by atoms with E-state index in [1.165, 1.54) is 0 Å². The van der Waals surface area contributed by atoms with Gasteiger partial charge in [-0.2, -0.15) is 5.10 Å². The average Bonchev–Trinajstić information content (AvgIpc) is 3.40. The van der Waals surface area contributed by atoms with Crippen molar-refractivity contribution in [2.24, 2.45) is 0 Å². The van der Waals surface area contributed by atoms with Gasteiger partial charge in [0, 0.05) is 17.3 Å². The topological polar surface area (TPSA) is 69.3 Å². The van der Waals surface area contributed by atoms with Crippen LogP contribution in [0, 0.1) is 0 Å². The van der Waals surface area contributed by atoms with Crippen LogP contribution >= 0.6 is 34.8 Å². The molecule has 0 bridgehead atoms. The van der Waals surface area contributed by atoms with Crippen LogP contribution in [0.4, 0.5) is 5.82 Å². The number of nitrogens with one attached hydrogen (secondary N) is 1. The third-order valence-electron chi connectivity index (χ3n) is 4.29. The van der Waals surface area contributed by atoms with E-state index in [9.17, 15) is 4.79 Å². The van der Waals surface area contributed by atoms with Gasteiger partial charge in [0.25, 0.3) is 5.91 Å². The van der Waals surface area contributed by atoms with Crippen LogP contribution < -0.4 is 10.1 Å². The molecule has 9 heteroatoms. The van der Waals surface area contributed by atoms with Crippen LogP contribution in [0.25, 0.3) is 0 Å². The Kier molecular flexibility index (Phi) is 6.51. The van der Waals surface area contributed by atoms with Crippen LogP contribution in [0.3, 0.4) is 0 Å². The molecule has 2 aromatic carbocycles. The van der Waals surface area contributed by atoms with Crippen LogP contribution in [0.2, 0.25) is 15.1 Å². The lowest BCUT2D eigenvalue weighted by Gasteiger charge is -2.04. The Morgan fingerprint density at radius 3 is 2.58 bits per heavy atom. The summed E-state index contributed by atoms with van der Waals surface area (Å²) in [5.41, 5.74) is 0.937. The molecule has 2 heterocycles. The van der Waals surface area contributed by atoms with Crippen LogP contribution in [0.5, 0.6) is 5.75 Å². The van der Waals surface area contributed by atoms with E-state index in [0.717, 1.165) is 5.56 Å². The van der Waals surface area contributed by atoms with E-state index in [-0.39, 0.29) is 12.4 Å². The lowest BCUT2D eigenvalue weighted by Crippen LogP contribution is -2.12. The number of benzene rings is 2. The smallest absolute Gasteiger partial charge is 0.292 e. The van der Waals surface area contributed by atoms with Crippen molar-refractivity contribution in [3.05, 3.63) is 99.0 Å². The second-order valence-electron chi connectivity index (χ2n) is 6.61. The fraction of sp³-hybridized carbons (Fsp3) is 0.0909. The van der Waals surface area contributed by atoms with Gasteiger partial charge in [-0.1, -0.05) is 40.9 Å². The number of furan rings is 1. The first-order valence-electron chi connectivity index (χ1n) is 9.22. The third-order valence-corrected chi connectivity index (χ3v) is 5.28. The summed E-state index contributed by atoms with van der Waals surface area (Å²) in [7, 11) is 0. The van der Waals surface area contributed by atoms with E-state index in [1.807, 2.05) is 6.07 Å². The zero-order valence-electron chi connectivity index (χ0n) is 16.0. The summed E-state index contributed by atoms with van der Waals surface area (Å²) in [6.07, 6.45) is 1.76. The van der Waals surface area contributed by atoms with Gasteiger partial charge < -0.3 is 14.5 Å². The first-order valence-corrected chi connectivity index (χ1v) is 10.4. The maximum absolute atomic E-state index is 12.4. The summed E-state index contributed by atoms with van der Waals surface area (Å²) in [4.78, 5) is 12.4. The molecule has 0 saturated heterocycles. The summed E-state index contributed by atoms with van der Waals surface area (Å²) in [5, 5.41) is 8.66. The molecule has 0 radical (unpaired) electrons. The number of anilines is 1. The van der Waals surface area contributed by atoms with Crippen molar-refractivity contribution in [2.75, 3.05) is 5.32 Å². The maximum atomic E-state index is 12.4. The zero-order chi connectivity index (χ0) is 21.8. The van der Waals surface area contributed by atoms with Gasteiger partial charge in [-0.05, 0) is 54.1 Å². The molecule has 0 saturated carbocycles. The fourth-order valence-electron chi connectivity index (χ4n) is 2.78. The molecule has 2 aromatic heterocycles. The fourth-order valence-corrected chi connectivity index (χ4v) is 3.23. The van der Waals surface area contributed by atoms with Crippen molar-refractivity contribution < 1.29 is 13.9 Å². The van der Waals surface area contributed by atoms with E-state index < -0.39 is 5.91 Å². The molecule has 4 aromatic rings. The molecule has 0 aliphatic heterocycles. The van der Waals surface area contributed by atoms with Gasteiger partial charge in [0.05, 0.1) is 16.6 Å². The number of hydrogen-bond donors (Lipinski definition) is 1. The van der Waals surface area contributed by atoms with Crippen molar-refractivity contribution in [1.29, 1.82) is 0 Å². The minimum Gasteiger partial charge on any atom is -0.486 e. The molecule has 6 nitrogen and oxygen atoms in total. The number of hydrogen-bond acceptors (Lipinski definition) is 4. The summed E-state index contributed by atoms with van der Waals surface area (Å²) in [6, 6.07) is 17.3. The average molecular weight is 477 g/mol. The quantitative estimate of drug-likeness (QED) is 0.339. The standard InChI is InChI=1S/C22H16Cl3N3O3/c23-15-2-4-16(5-3-15)30-13-17-6-8-20(31-17)22(29)26-21-9-10-28(27-21)12-14-1-7-18(24)19(25)11-14/h1-11H,12-13H2,(H,26,27,29). The van der Waals surface area contributed by atoms with Gasteiger partial charge in [-0.15, -0.1) is 0 Å². The van der Waals surface area contributed by atoms with E-state index in [1.54, 1.807) is 65.5 Å². The Labute approximate surface area is 193 Å². The Morgan fingerprint density at radius 1 is 1.00 bits per heavy atom. The number of carbonyl (C=O) groups excluding carboxylic acids is 1. The predicted octanol–water partition coefficient (Wildman–Crippen LogP) is 6.32. The van der Waals surface area contributed by atoms with Crippen LogP contribution in [-0.4, -0.2) is 15.7 Å². The third kappa shape index (κ3) is 5.61. The number of rotatable bonds is 7. The zero-order valence-corrected chi connectivity index (χ0v) is 18.3. The minimum atomic E-state index is -0.405. The first kappa shape index (κ1) is 21.3. The Balaban J connectivity index is 1.33. The molecule has 0 aliphatic carbocycles.